The van der Waals surface area contributed by atoms with Crippen LogP contribution >= 0.6 is 23.2 Å². The topological polar surface area (TPSA) is 104 Å². The third kappa shape index (κ3) is 15.3. The minimum Gasteiger partial charge on any atom is -0.492 e. The third-order valence-electron chi connectivity index (χ3n) is 11.5. The maximum absolute atomic E-state index is 10.9. The number of aromatic nitrogens is 3. The first-order chi connectivity index (χ1) is 31.7. The number of halogens is 2. The van der Waals surface area contributed by atoms with E-state index in [1.807, 2.05) is 129 Å². The van der Waals surface area contributed by atoms with Gasteiger partial charge in [0.25, 0.3) is 0 Å². The van der Waals surface area contributed by atoms with Crippen LogP contribution in [-0.4, -0.2) is 88.2 Å². The molecule has 0 amide bonds. The van der Waals surface area contributed by atoms with Crippen LogP contribution < -0.4 is 10.1 Å². The Morgan fingerprint density at radius 1 is 0.677 bits per heavy atom. The van der Waals surface area contributed by atoms with Gasteiger partial charge in [-0.1, -0.05) is 71.4 Å². The molecule has 11 heteroatoms. The molecule has 0 atom stereocenters. The maximum atomic E-state index is 10.9. The van der Waals surface area contributed by atoms with Crippen molar-refractivity contribution in [2.45, 2.75) is 45.6 Å². The molecule has 5 heterocycles. The zero-order chi connectivity index (χ0) is 45.2. The van der Waals surface area contributed by atoms with Crippen molar-refractivity contribution in [3.05, 3.63) is 166 Å². The Morgan fingerprint density at radius 3 is 1.78 bits per heavy atom. The summed E-state index contributed by atoms with van der Waals surface area (Å²) in [5.74, 6) is 13.0. The second-order valence-corrected chi connectivity index (χ2v) is 17.2. The van der Waals surface area contributed by atoms with Crippen LogP contribution in [0.3, 0.4) is 0 Å². The minimum absolute atomic E-state index is 0.281. The standard InChI is InChI=1S/C29H29ClN2O3.C25H25ClN4/c1-21-18-22(2-9-27-10-6-25(20-31-27)24-4-7-26(30)8-5-24)3-11-28(21)35-17-16-32-14-12-23(13-15-32)19-29(33)34;26-23-8-5-21(6-9-23)22-7-12-24(29-18-22)10-3-20-4-11-25(28-17-20)19-27-13-16-30-14-1-2-15-30/h3-8,10-11,18,20,23H,12-17,19H2,1H3,(H,33,34);4-9,11-12,17-18,27H,1-2,13-16,19H2. The molecule has 2 saturated heterocycles. The second-order valence-electron chi connectivity index (χ2n) is 16.4. The van der Waals surface area contributed by atoms with E-state index in [4.69, 9.17) is 33.0 Å². The molecule has 3 aromatic carbocycles. The first-order valence-electron chi connectivity index (χ1n) is 22.3. The van der Waals surface area contributed by atoms with E-state index in [1.54, 1.807) is 0 Å². The van der Waals surface area contributed by atoms with Crippen LogP contribution in [0.2, 0.25) is 10.0 Å². The van der Waals surface area contributed by atoms with E-state index < -0.39 is 5.97 Å². The molecule has 2 aliphatic heterocycles. The number of piperidine rings is 1. The van der Waals surface area contributed by atoms with Gasteiger partial charge < -0.3 is 20.1 Å². The number of benzene rings is 3. The Labute approximate surface area is 393 Å². The van der Waals surface area contributed by atoms with Crippen molar-refractivity contribution in [3.63, 3.8) is 0 Å². The minimum atomic E-state index is -0.696. The summed E-state index contributed by atoms with van der Waals surface area (Å²) in [6.45, 7) is 10.7. The predicted molar refractivity (Wildman–Crippen MR) is 261 cm³/mol. The molecule has 0 saturated carbocycles. The second kappa shape index (κ2) is 24.3. The molecule has 0 aliphatic carbocycles. The Hall–Kier alpha value is -6.04. The maximum Gasteiger partial charge on any atom is 0.303 e. The zero-order valence-electron chi connectivity index (χ0n) is 36.8. The lowest BCUT2D eigenvalue weighted by atomic mass is 9.94. The SMILES string of the molecule is Cc1cc(C#Cc2ccc(-c3ccc(Cl)cc3)cn2)ccc1OCCN1CCC(CC(=O)O)CC1.Clc1ccc(-c2ccc(C#Cc3ccc(CNCCN4CCCC4)nc3)nc2)cc1. The number of nitrogens with zero attached hydrogens (tertiary/aromatic N) is 5. The van der Waals surface area contributed by atoms with Crippen LogP contribution in [0.5, 0.6) is 5.75 Å². The van der Waals surface area contributed by atoms with Gasteiger partial charge >= 0.3 is 5.97 Å². The lowest BCUT2D eigenvalue weighted by molar-refractivity contribution is -0.138. The van der Waals surface area contributed by atoms with Gasteiger partial charge in [0, 0.05) is 83.5 Å². The Balaban J connectivity index is 0.000000196. The van der Waals surface area contributed by atoms with E-state index in [-0.39, 0.29) is 6.42 Å². The predicted octanol–water partition coefficient (Wildman–Crippen LogP) is 10.1. The van der Waals surface area contributed by atoms with Gasteiger partial charge in [0.2, 0.25) is 0 Å². The fourth-order valence-electron chi connectivity index (χ4n) is 7.73. The van der Waals surface area contributed by atoms with Gasteiger partial charge in [-0.15, -0.1) is 0 Å². The first-order valence-corrected chi connectivity index (χ1v) is 23.0. The summed E-state index contributed by atoms with van der Waals surface area (Å²) < 4.78 is 6.01. The number of likely N-dealkylation sites (tertiary alicyclic amines) is 2. The van der Waals surface area contributed by atoms with E-state index >= 15 is 0 Å². The molecule has 0 bridgehead atoms. The number of hydrogen-bond donors (Lipinski definition) is 2. The molecular formula is C54H54Cl2N6O3. The summed E-state index contributed by atoms with van der Waals surface area (Å²) in [5, 5.41) is 13.9. The van der Waals surface area contributed by atoms with Gasteiger partial charge in [0.15, 0.2) is 0 Å². The lowest BCUT2D eigenvalue weighted by Gasteiger charge is -2.31. The summed E-state index contributed by atoms with van der Waals surface area (Å²) in [6.07, 6.45) is 10.3. The summed E-state index contributed by atoms with van der Waals surface area (Å²) in [7, 11) is 0. The van der Waals surface area contributed by atoms with Crippen LogP contribution in [0.15, 0.2) is 122 Å². The largest absolute Gasteiger partial charge is 0.492 e. The van der Waals surface area contributed by atoms with Gasteiger partial charge in [0.05, 0.1) is 5.69 Å². The van der Waals surface area contributed by atoms with E-state index in [0.717, 1.165) is 113 Å². The number of hydrogen-bond acceptors (Lipinski definition) is 8. The van der Waals surface area contributed by atoms with Gasteiger partial charge in [-0.2, -0.15) is 0 Å². The monoisotopic (exact) mass is 904 g/mol. The average Bonchev–Trinajstić information content (AvgIpc) is 3.85. The van der Waals surface area contributed by atoms with Gasteiger partial charge in [-0.3, -0.25) is 14.7 Å². The van der Waals surface area contributed by atoms with Crippen molar-refractivity contribution < 1.29 is 14.6 Å². The van der Waals surface area contributed by atoms with Crippen molar-refractivity contribution >= 4 is 29.2 Å². The number of carboxylic acid groups (broad SMARTS) is 1. The van der Waals surface area contributed by atoms with Crippen LogP contribution in [0.25, 0.3) is 22.3 Å². The number of aliphatic carboxylic acids is 1. The van der Waals surface area contributed by atoms with Crippen LogP contribution in [0.4, 0.5) is 0 Å². The molecule has 0 radical (unpaired) electrons. The highest BCUT2D eigenvalue weighted by Crippen LogP contribution is 2.24. The number of ether oxygens (including phenoxy) is 1. The molecule has 65 heavy (non-hydrogen) atoms. The van der Waals surface area contributed by atoms with E-state index in [9.17, 15) is 4.79 Å². The highest BCUT2D eigenvalue weighted by molar-refractivity contribution is 6.30. The third-order valence-corrected chi connectivity index (χ3v) is 12.0. The van der Waals surface area contributed by atoms with E-state index in [0.29, 0.717) is 23.2 Å². The molecule has 6 aromatic rings. The Kier molecular flexibility index (Phi) is 17.6. The zero-order valence-corrected chi connectivity index (χ0v) is 38.3. The van der Waals surface area contributed by atoms with Crippen LogP contribution in [0, 0.1) is 36.5 Å². The van der Waals surface area contributed by atoms with E-state index in [2.05, 4.69) is 53.8 Å². The molecule has 8 rings (SSSR count). The normalized spacial score (nSPS) is 14.0. The summed E-state index contributed by atoms with van der Waals surface area (Å²) in [5.41, 5.74) is 9.55. The van der Waals surface area contributed by atoms with Crippen molar-refractivity contribution in [2.24, 2.45) is 5.92 Å². The molecule has 0 unspecified atom stereocenters. The summed E-state index contributed by atoms with van der Waals surface area (Å²) >= 11 is 11.9. The van der Waals surface area contributed by atoms with Crippen molar-refractivity contribution in [2.75, 3.05) is 52.4 Å². The van der Waals surface area contributed by atoms with Crippen molar-refractivity contribution in [1.29, 1.82) is 0 Å². The molecule has 2 aliphatic rings. The number of pyridine rings is 3. The number of carbonyl (C=O) groups is 1. The van der Waals surface area contributed by atoms with Gasteiger partial charge in [0.1, 0.15) is 23.7 Å². The fourth-order valence-corrected chi connectivity index (χ4v) is 7.98. The Bertz CT molecular complexity index is 2570. The Morgan fingerprint density at radius 2 is 1.25 bits per heavy atom. The van der Waals surface area contributed by atoms with Crippen LogP contribution in [0.1, 0.15) is 65.9 Å². The molecule has 2 fully saturated rings. The smallest absolute Gasteiger partial charge is 0.303 e. The first kappa shape index (κ1) is 46.9. The highest BCUT2D eigenvalue weighted by Gasteiger charge is 2.21. The number of aryl methyl sites for hydroxylation is 1. The van der Waals surface area contributed by atoms with Crippen molar-refractivity contribution in [3.8, 4) is 51.7 Å². The number of carboxylic acids is 1. The molecule has 2 N–H and O–H groups in total. The molecule has 3 aromatic heterocycles. The van der Waals surface area contributed by atoms with Crippen LogP contribution in [-0.2, 0) is 11.3 Å². The van der Waals surface area contributed by atoms with Gasteiger partial charge in [-0.05, 0) is 160 Å². The van der Waals surface area contributed by atoms with Crippen molar-refractivity contribution in [1.82, 2.24) is 30.1 Å². The fraction of sp³-hybridized carbons (Fsp3) is 0.296. The van der Waals surface area contributed by atoms with Gasteiger partial charge in [-0.25, -0.2) is 9.97 Å². The van der Waals surface area contributed by atoms with E-state index in [1.165, 1.54) is 25.9 Å². The average molecular weight is 906 g/mol. The molecule has 332 valence electrons. The number of nitrogens with one attached hydrogen (secondary N) is 1. The quantitative estimate of drug-likeness (QED) is 0.0866. The number of rotatable bonds is 13. The summed E-state index contributed by atoms with van der Waals surface area (Å²) in [6, 6.07) is 33.3. The summed E-state index contributed by atoms with van der Waals surface area (Å²) in [4.78, 5) is 29.2. The highest BCUT2D eigenvalue weighted by atomic mass is 35.5. The molecule has 0 spiro atoms. The molecular weight excluding hydrogens is 852 g/mol. The lowest BCUT2D eigenvalue weighted by Crippen LogP contribution is -2.37. The molecule has 9 nitrogen and oxygen atoms in total.